The molecule has 0 heterocycles. The summed E-state index contributed by atoms with van der Waals surface area (Å²) >= 11 is 0. The fourth-order valence-corrected chi connectivity index (χ4v) is 0.828. The van der Waals surface area contributed by atoms with Gasteiger partial charge in [0.2, 0.25) is 5.91 Å². The lowest BCUT2D eigenvalue weighted by Gasteiger charge is -2.13. The third-order valence-electron chi connectivity index (χ3n) is 1.96. The van der Waals surface area contributed by atoms with Crippen LogP contribution in [-0.2, 0) is 9.53 Å². The highest BCUT2D eigenvalue weighted by atomic mass is 16.5. The number of hydrogen-bond donors (Lipinski definition) is 2. The van der Waals surface area contributed by atoms with Crippen LogP contribution in [0.1, 0.15) is 20.3 Å². The molecule has 1 amide bonds. The number of rotatable bonds is 6. The summed E-state index contributed by atoms with van der Waals surface area (Å²) in [6, 6.07) is 0. The Bertz CT molecular complexity index is 148. The van der Waals surface area contributed by atoms with E-state index in [0.29, 0.717) is 19.6 Å². The van der Waals surface area contributed by atoms with Crippen molar-refractivity contribution < 1.29 is 14.6 Å². The second kappa shape index (κ2) is 6.86. The van der Waals surface area contributed by atoms with E-state index in [2.05, 4.69) is 5.32 Å². The average Bonchev–Trinajstić information content (AvgIpc) is 2.04. The van der Waals surface area contributed by atoms with Gasteiger partial charge < -0.3 is 15.2 Å². The number of aliphatic hydroxyl groups excluding tert-OH is 1. The topological polar surface area (TPSA) is 58.6 Å². The summed E-state index contributed by atoms with van der Waals surface area (Å²) < 4.78 is 4.78. The number of carbonyl (C=O) groups is 1. The van der Waals surface area contributed by atoms with Gasteiger partial charge in [0, 0.05) is 20.1 Å². The van der Waals surface area contributed by atoms with Crippen molar-refractivity contribution in [1.82, 2.24) is 5.32 Å². The molecule has 0 saturated carbocycles. The Hall–Kier alpha value is -0.610. The number of nitrogens with one attached hydrogen (secondary N) is 1. The molecular formula is C9H19NO3. The summed E-state index contributed by atoms with van der Waals surface area (Å²) in [5, 5.41) is 11.8. The summed E-state index contributed by atoms with van der Waals surface area (Å²) in [7, 11) is 1.59. The van der Waals surface area contributed by atoms with Crippen LogP contribution in [0.5, 0.6) is 0 Å². The van der Waals surface area contributed by atoms with E-state index in [9.17, 15) is 4.79 Å². The number of amides is 1. The molecule has 0 aliphatic heterocycles. The van der Waals surface area contributed by atoms with Crippen LogP contribution < -0.4 is 5.32 Å². The van der Waals surface area contributed by atoms with Gasteiger partial charge in [-0.15, -0.1) is 0 Å². The molecule has 13 heavy (non-hydrogen) atoms. The van der Waals surface area contributed by atoms with E-state index in [4.69, 9.17) is 9.84 Å². The van der Waals surface area contributed by atoms with Crippen molar-refractivity contribution in [2.75, 3.05) is 20.3 Å². The van der Waals surface area contributed by atoms with Gasteiger partial charge in [-0.05, 0) is 12.8 Å². The third kappa shape index (κ3) is 6.54. The van der Waals surface area contributed by atoms with Gasteiger partial charge in [0.15, 0.2) is 0 Å². The smallest absolute Gasteiger partial charge is 0.220 e. The molecule has 0 bridgehead atoms. The number of aliphatic hydroxyl groups is 1. The van der Waals surface area contributed by atoms with Crippen molar-refractivity contribution >= 4 is 5.91 Å². The van der Waals surface area contributed by atoms with Gasteiger partial charge in [0.25, 0.3) is 0 Å². The lowest BCUT2D eigenvalue weighted by atomic mass is 10.0. The maximum absolute atomic E-state index is 11.2. The monoisotopic (exact) mass is 189 g/mol. The minimum atomic E-state index is -0.437. The summed E-state index contributed by atoms with van der Waals surface area (Å²) in [6.45, 7) is 4.59. The number of hydrogen-bond acceptors (Lipinski definition) is 3. The van der Waals surface area contributed by atoms with Crippen LogP contribution in [0.2, 0.25) is 0 Å². The van der Waals surface area contributed by atoms with Crippen LogP contribution in [0.25, 0.3) is 0 Å². The van der Waals surface area contributed by atoms with Gasteiger partial charge >= 0.3 is 0 Å². The van der Waals surface area contributed by atoms with Crippen molar-refractivity contribution in [2.24, 2.45) is 5.92 Å². The second-order valence-electron chi connectivity index (χ2n) is 3.26. The van der Waals surface area contributed by atoms with Crippen molar-refractivity contribution in [1.29, 1.82) is 0 Å². The highest BCUT2D eigenvalue weighted by molar-refractivity contribution is 5.76. The van der Waals surface area contributed by atoms with E-state index in [1.54, 1.807) is 14.0 Å². The standard InChI is InChI=1S/C9H19NO3/c1-7(8(2)11)6-9(12)10-4-5-13-3/h7-8,11H,4-6H2,1-3H3,(H,10,12). The SMILES string of the molecule is COCCNC(=O)CC(C)C(C)O. The molecule has 2 N–H and O–H groups in total. The number of ether oxygens (including phenoxy) is 1. The Kier molecular flexibility index (Phi) is 6.54. The number of methoxy groups -OCH3 is 1. The summed E-state index contributed by atoms with van der Waals surface area (Å²) in [5.41, 5.74) is 0. The summed E-state index contributed by atoms with van der Waals surface area (Å²) in [5.74, 6) is -0.0343. The second-order valence-corrected chi connectivity index (χ2v) is 3.26. The van der Waals surface area contributed by atoms with Gasteiger partial charge in [0.05, 0.1) is 12.7 Å². The van der Waals surface area contributed by atoms with Crippen LogP contribution in [0.4, 0.5) is 0 Å². The Labute approximate surface area is 79.3 Å². The molecule has 78 valence electrons. The average molecular weight is 189 g/mol. The number of carbonyl (C=O) groups excluding carboxylic acids is 1. The first-order valence-electron chi connectivity index (χ1n) is 4.51. The van der Waals surface area contributed by atoms with E-state index in [0.717, 1.165) is 0 Å². The zero-order valence-electron chi connectivity index (χ0n) is 8.54. The molecule has 2 unspecified atom stereocenters. The maximum Gasteiger partial charge on any atom is 0.220 e. The third-order valence-corrected chi connectivity index (χ3v) is 1.96. The minimum absolute atomic E-state index is 0.00236. The largest absolute Gasteiger partial charge is 0.393 e. The van der Waals surface area contributed by atoms with E-state index in [1.165, 1.54) is 0 Å². The molecular weight excluding hydrogens is 170 g/mol. The van der Waals surface area contributed by atoms with Crippen LogP contribution in [0.15, 0.2) is 0 Å². The lowest BCUT2D eigenvalue weighted by molar-refractivity contribution is -0.122. The Morgan fingerprint density at radius 3 is 2.62 bits per heavy atom. The highest BCUT2D eigenvalue weighted by Gasteiger charge is 2.12. The highest BCUT2D eigenvalue weighted by Crippen LogP contribution is 2.06. The Morgan fingerprint density at radius 2 is 2.15 bits per heavy atom. The molecule has 0 aromatic heterocycles. The van der Waals surface area contributed by atoms with Crippen LogP contribution >= 0.6 is 0 Å². The van der Waals surface area contributed by atoms with E-state index in [-0.39, 0.29) is 11.8 Å². The fraction of sp³-hybridized carbons (Fsp3) is 0.889. The van der Waals surface area contributed by atoms with E-state index in [1.807, 2.05) is 6.92 Å². The molecule has 0 fully saturated rings. The molecule has 0 aliphatic carbocycles. The van der Waals surface area contributed by atoms with Gasteiger partial charge in [-0.2, -0.15) is 0 Å². The Balaban J connectivity index is 3.50. The molecule has 0 radical (unpaired) electrons. The summed E-state index contributed by atoms with van der Waals surface area (Å²) in [4.78, 5) is 11.2. The van der Waals surface area contributed by atoms with Crippen molar-refractivity contribution in [2.45, 2.75) is 26.4 Å². The van der Waals surface area contributed by atoms with Gasteiger partial charge in [-0.3, -0.25) is 4.79 Å². The molecule has 4 heteroatoms. The van der Waals surface area contributed by atoms with Crippen molar-refractivity contribution in [3.63, 3.8) is 0 Å². The molecule has 0 aromatic carbocycles. The van der Waals surface area contributed by atoms with Crippen molar-refractivity contribution in [3.8, 4) is 0 Å². The molecule has 0 spiro atoms. The van der Waals surface area contributed by atoms with Gasteiger partial charge in [-0.1, -0.05) is 6.92 Å². The predicted molar refractivity (Wildman–Crippen MR) is 50.3 cm³/mol. The quantitative estimate of drug-likeness (QED) is 0.585. The summed E-state index contributed by atoms with van der Waals surface area (Å²) in [6.07, 6.45) is -0.0744. The normalized spacial score (nSPS) is 15.1. The van der Waals surface area contributed by atoms with Gasteiger partial charge in [0.1, 0.15) is 0 Å². The minimum Gasteiger partial charge on any atom is -0.393 e. The van der Waals surface area contributed by atoms with Crippen molar-refractivity contribution in [3.05, 3.63) is 0 Å². The fourth-order valence-electron chi connectivity index (χ4n) is 0.828. The predicted octanol–water partition coefficient (Wildman–Crippen LogP) is 0.156. The molecule has 0 aromatic rings. The van der Waals surface area contributed by atoms with Gasteiger partial charge in [-0.25, -0.2) is 0 Å². The Morgan fingerprint density at radius 1 is 1.54 bits per heavy atom. The molecule has 0 aliphatic rings. The lowest BCUT2D eigenvalue weighted by Crippen LogP contribution is -2.30. The molecule has 2 atom stereocenters. The first-order chi connectivity index (χ1) is 6.07. The van der Waals surface area contributed by atoms with Crippen LogP contribution in [0, 0.1) is 5.92 Å². The first kappa shape index (κ1) is 12.4. The van der Waals surface area contributed by atoms with Crippen LogP contribution in [0.3, 0.4) is 0 Å². The zero-order chi connectivity index (χ0) is 10.3. The molecule has 0 saturated heterocycles. The molecule has 0 rings (SSSR count). The van der Waals surface area contributed by atoms with E-state index < -0.39 is 6.10 Å². The van der Waals surface area contributed by atoms with Crippen LogP contribution in [-0.4, -0.2) is 37.4 Å². The van der Waals surface area contributed by atoms with E-state index >= 15 is 0 Å². The molecule has 4 nitrogen and oxygen atoms in total. The zero-order valence-corrected chi connectivity index (χ0v) is 8.54. The first-order valence-corrected chi connectivity index (χ1v) is 4.51. The maximum atomic E-state index is 11.2.